The van der Waals surface area contributed by atoms with Gasteiger partial charge in [-0.1, -0.05) is 71.1 Å². The van der Waals surface area contributed by atoms with Crippen molar-refractivity contribution < 1.29 is 15.3 Å². The van der Waals surface area contributed by atoms with Crippen molar-refractivity contribution in [3.05, 3.63) is 0 Å². The minimum absolute atomic E-state index is 0.326. The Hall–Kier alpha value is -0.160. The average Bonchev–Trinajstić information content (AvgIpc) is 2.46. The molecule has 0 aliphatic rings. The lowest BCUT2D eigenvalue weighted by atomic mass is 10.0. The van der Waals surface area contributed by atoms with Crippen LogP contribution in [-0.2, 0) is 0 Å². The molecule has 0 rings (SSSR count). The molecule has 0 aromatic heterocycles. The molecule has 3 N–H and O–H groups in total. The van der Waals surface area contributed by atoms with E-state index in [1.165, 1.54) is 56.3 Å². The first-order chi connectivity index (χ1) is 10.5. The van der Waals surface area contributed by atoms with Crippen molar-refractivity contribution in [3.8, 4) is 0 Å². The summed E-state index contributed by atoms with van der Waals surface area (Å²) in [7, 11) is 0. The number of aliphatic hydroxyl groups is 3. The van der Waals surface area contributed by atoms with Gasteiger partial charge in [0.2, 0.25) is 0 Å². The molecule has 22 heavy (non-hydrogen) atoms. The van der Waals surface area contributed by atoms with E-state index in [0.717, 1.165) is 19.3 Å². The average molecular weight is 318 g/mol. The van der Waals surface area contributed by atoms with E-state index in [4.69, 9.17) is 0 Å². The van der Waals surface area contributed by atoms with Crippen LogP contribution in [0.15, 0.2) is 0 Å². The van der Waals surface area contributed by atoms with Crippen molar-refractivity contribution >= 4 is 0 Å². The van der Waals surface area contributed by atoms with E-state index in [2.05, 4.69) is 6.92 Å². The highest BCUT2D eigenvalue weighted by atomic mass is 16.3. The van der Waals surface area contributed by atoms with Crippen LogP contribution in [0.3, 0.4) is 0 Å². The number of aliphatic hydroxyl groups excluding tert-OH is 3. The van der Waals surface area contributed by atoms with E-state index in [-0.39, 0.29) is 0 Å². The van der Waals surface area contributed by atoms with Gasteiger partial charge in [0.15, 0.2) is 0 Å². The molecular formula is C18H39NO3. The van der Waals surface area contributed by atoms with Crippen LogP contribution in [0.2, 0.25) is 0 Å². The van der Waals surface area contributed by atoms with E-state index in [0.29, 0.717) is 6.54 Å². The molecule has 0 amide bonds. The number of rotatable bonds is 15. The molecule has 0 radical (unpaired) electrons. The summed E-state index contributed by atoms with van der Waals surface area (Å²) in [5.74, 6) is 0. The van der Waals surface area contributed by atoms with Crippen LogP contribution in [0.25, 0.3) is 0 Å². The summed E-state index contributed by atoms with van der Waals surface area (Å²) in [5.41, 5.74) is 0. The number of unbranched alkanes of at least 4 members (excludes halogenated alkanes) is 9. The Bertz CT molecular complexity index is 226. The summed E-state index contributed by atoms with van der Waals surface area (Å²) >= 11 is 0. The molecule has 3 atom stereocenters. The van der Waals surface area contributed by atoms with Gasteiger partial charge in [0.1, 0.15) is 12.5 Å². The molecule has 0 fully saturated rings. The summed E-state index contributed by atoms with van der Waals surface area (Å²) in [6.45, 7) is 5.79. The zero-order valence-electron chi connectivity index (χ0n) is 15.0. The monoisotopic (exact) mass is 317 g/mol. The van der Waals surface area contributed by atoms with Crippen LogP contribution in [0, 0.1) is 0 Å². The summed E-state index contributed by atoms with van der Waals surface area (Å²) < 4.78 is 0. The third kappa shape index (κ3) is 12.4. The molecule has 0 aromatic carbocycles. The van der Waals surface area contributed by atoms with Crippen molar-refractivity contribution in [2.24, 2.45) is 0 Å². The van der Waals surface area contributed by atoms with Gasteiger partial charge in [-0.15, -0.1) is 0 Å². The molecule has 4 nitrogen and oxygen atoms in total. The van der Waals surface area contributed by atoms with Gasteiger partial charge in [-0.05, 0) is 20.3 Å². The quantitative estimate of drug-likeness (QED) is 0.319. The minimum Gasteiger partial charge on any atom is -0.392 e. The molecule has 0 spiro atoms. The molecule has 0 heterocycles. The van der Waals surface area contributed by atoms with Crippen molar-refractivity contribution in [1.82, 2.24) is 4.90 Å². The lowest BCUT2D eigenvalue weighted by Crippen LogP contribution is -2.44. The fourth-order valence-electron chi connectivity index (χ4n) is 2.82. The van der Waals surface area contributed by atoms with Crippen LogP contribution in [0.1, 0.15) is 91.4 Å². The number of nitrogens with zero attached hydrogens (tertiary/aromatic N) is 1. The molecule has 0 aliphatic heterocycles. The Labute approximate surface area is 137 Å². The van der Waals surface area contributed by atoms with Gasteiger partial charge in [-0.3, -0.25) is 4.90 Å². The van der Waals surface area contributed by atoms with E-state index in [1.807, 2.05) is 0 Å². The molecule has 0 saturated carbocycles. The number of hydrogen-bond acceptors (Lipinski definition) is 4. The molecule has 0 bridgehead atoms. The van der Waals surface area contributed by atoms with E-state index >= 15 is 0 Å². The summed E-state index contributed by atoms with van der Waals surface area (Å²) in [5, 5.41) is 29.0. The molecule has 3 unspecified atom stereocenters. The zero-order chi connectivity index (χ0) is 16.8. The highest BCUT2D eigenvalue weighted by Gasteiger charge is 2.19. The fraction of sp³-hybridized carbons (Fsp3) is 1.00. The Morgan fingerprint density at radius 3 is 1.50 bits per heavy atom. The smallest absolute Gasteiger partial charge is 0.106 e. The van der Waals surface area contributed by atoms with Gasteiger partial charge in [0, 0.05) is 6.54 Å². The van der Waals surface area contributed by atoms with Crippen LogP contribution in [-0.4, -0.2) is 45.3 Å². The molecule has 134 valence electrons. The second-order valence-electron chi connectivity index (χ2n) is 6.59. The Balaban J connectivity index is 3.47. The van der Waals surface area contributed by atoms with Crippen LogP contribution in [0.5, 0.6) is 0 Å². The lowest BCUT2D eigenvalue weighted by Gasteiger charge is -2.30. The second kappa shape index (κ2) is 14.4. The Morgan fingerprint density at radius 1 is 0.682 bits per heavy atom. The van der Waals surface area contributed by atoms with Crippen LogP contribution >= 0.6 is 0 Å². The molecule has 4 heteroatoms. The van der Waals surface area contributed by atoms with Crippen LogP contribution in [0.4, 0.5) is 0 Å². The Morgan fingerprint density at radius 2 is 1.09 bits per heavy atom. The standard InChI is InChI=1S/C18H39NO3/c1-4-5-6-7-8-9-10-11-12-13-14-18(22)15-19(16(2)20)17(3)21/h16-18,20-22H,4-15H2,1-3H3. The fourth-order valence-corrected chi connectivity index (χ4v) is 2.82. The van der Waals surface area contributed by atoms with Crippen molar-refractivity contribution in [3.63, 3.8) is 0 Å². The maximum atomic E-state index is 9.98. The topological polar surface area (TPSA) is 63.9 Å². The molecule has 0 aliphatic carbocycles. The van der Waals surface area contributed by atoms with Gasteiger partial charge < -0.3 is 15.3 Å². The second-order valence-corrected chi connectivity index (χ2v) is 6.59. The summed E-state index contributed by atoms with van der Waals surface area (Å²) in [6, 6.07) is 0. The van der Waals surface area contributed by atoms with Gasteiger partial charge in [-0.2, -0.15) is 0 Å². The largest absolute Gasteiger partial charge is 0.392 e. The lowest BCUT2D eigenvalue weighted by molar-refractivity contribution is -0.101. The van der Waals surface area contributed by atoms with Gasteiger partial charge in [-0.25, -0.2) is 0 Å². The first kappa shape index (κ1) is 21.8. The third-order valence-electron chi connectivity index (χ3n) is 4.27. The highest BCUT2D eigenvalue weighted by molar-refractivity contribution is 4.66. The maximum absolute atomic E-state index is 9.98. The van der Waals surface area contributed by atoms with Crippen LogP contribution < -0.4 is 0 Å². The van der Waals surface area contributed by atoms with E-state index in [1.54, 1.807) is 13.8 Å². The summed E-state index contributed by atoms with van der Waals surface area (Å²) in [4.78, 5) is 1.50. The number of hydrogen-bond donors (Lipinski definition) is 3. The van der Waals surface area contributed by atoms with Gasteiger partial charge >= 0.3 is 0 Å². The zero-order valence-corrected chi connectivity index (χ0v) is 15.0. The third-order valence-corrected chi connectivity index (χ3v) is 4.27. The normalized spacial score (nSPS) is 16.0. The van der Waals surface area contributed by atoms with E-state index < -0.39 is 18.6 Å². The first-order valence-corrected chi connectivity index (χ1v) is 9.29. The predicted molar refractivity (Wildman–Crippen MR) is 92.5 cm³/mol. The molecule has 0 aromatic rings. The maximum Gasteiger partial charge on any atom is 0.106 e. The van der Waals surface area contributed by atoms with Gasteiger partial charge in [0.25, 0.3) is 0 Å². The highest BCUT2D eigenvalue weighted by Crippen LogP contribution is 2.13. The van der Waals surface area contributed by atoms with Crippen molar-refractivity contribution in [1.29, 1.82) is 0 Å². The van der Waals surface area contributed by atoms with Crippen molar-refractivity contribution in [2.45, 2.75) is 110 Å². The first-order valence-electron chi connectivity index (χ1n) is 9.29. The van der Waals surface area contributed by atoms with Crippen molar-refractivity contribution in [2.75, 3.05) is 6.54 Å². The van der Waals surface area contributed by atoms with E-state index in [9.17, 15) is 15.3 Å². The molecular weight excluding hydrogens is 278 g/mol. The SMILES string of the molecule is CCCCCCCCCCCCC(O)CN(C(C)O)C(C)O. The van der Waals surface area contributed by atoms with Gasteiger partial charge in [0.05, 0.1) is 6.10 Å². The molecule has 0 saturated heterocycles. The minimum atomic E-state index is -0.734. The Kier molecular flexibility index (Phi) is 14.3. The summed E-state index contributed by atoms with van der Waals surface area (Å²) in [6.07, 6.45) is 11.7. The predicted octanol–water partition coefficient (Wildman–Crippen LogP) is 3.64.